The van der Waals surface area contributed by atoms with Crippen LogP contribution in [-0.2, 0) is 233 Å². The molecule has 0 bridgehead atoms. The number of esters is 1. The van der Waals surface area contributed by atoms with Crippen molar-refractivity contribution in [2.75, 3.05) is 81.1 Å². The first-order chi connectivity index (χ1) is 32.1. The molecule has 6 radical (unpaired) electrons. The Morgan fingerprint density at radius 1 is 0.636 bits per heavy atom. The summed E-state index contributed by atoms with van der Waals surface area (Å²) in [5, 5.41) is 32.2. The van der Waals surface area contributed by atoms with Crippen LogP contribution in [-0.4, -0.2) is 124 Å². The van der Waals surface area contributed by atoms with E-state index in [9.17, 15) is 39.4 Å². The number of nitro groups is 2. The first-order valence-corrected chi connectivity index (χ1v) is 20.0. The van der Waals surface area contributed by atoms with Crippen molar-refractivity contribution in [2.45, 2.75) is 54.6 Å². The van der Waals surface area contributed by atoms with Crippen molar-refractivity contribution in [3.63, 3.8) is 0 Å². The largest absolute Gasteiger partial charge is 1.00 e. The monoisotopic (exact) mass is 1530 g/mol. The smallest absolute Gasteiger partial charge is 0.870 e. The number of nitrogens with two attached hydrogens (primary N) is 4. The van der Waals surface area contributed by atoms with E-state index in [0.717, 1.165) is 9.80 Å². The van der Waals surface area contributed by atoms with E-state index in [0.29, 0.717) is 42.8 Å². The van der Waals surface area contributed by atoms with Crippen molar-refractivity contribution >= 4 is 58.8 Å². The fourth-order valence-corrected chi connectivity index (χ4v) is 5.26. The molecule has 0 saturated heterocycles. The van der Waals surface area contributed by atoms with Gasteiger partial charge in [0.2, 0.25) is 23.3 Å². The van der Waals surface area contributed by atoms with Crippen LogP contribution < -0.4 is 70.5 Å². The number of ether oxygens (including phenoxy) is 7. The Hall–Kier alpha value is -1.22. The molecule has 0 unspecified atom stereocenters. The molecule has 2 heterocycles. The summed E-state index contributed by atoms with van der Waals surface area (Å²) < 4.78 is 35.9. The Kier molecular flexibility index (Phi) is 60.5. The number of anilines is 4. The van der Waals surface area contributed by atoms with Gasteiger partial charge in [-0.05, 0) is 75.2 Å². The summed E-state index contributed by atoms with van der Waals surface area (Å²) in [6.07, 6.45) is -0.878. The van der Waals surface area contributed by atoms with E-state index >= 15 is 0 Å². The van der Waals surface area contributed by atoms with Gasteiger partial charge in [-0.2, -0.15) is 19.9 Å². The second kappa shape index (κ2) is 50.5. The van der Waals surface area contributed by atoms with E-state index in [1.165, 1.54) is 19.2 Å². The number of benzene rings is 2. The number of carbonyl (C=O) groups excluding carboxylic acids is 3. The number of hydrogen-bond acceptors (Lipinski definition) is 24. The number of carboxylic acids is 1. The molecule has 4 rings (SSSR count). The number of methoxy groups -OCH3 is 1. The number of hydrogen-bond donors (Lipinski definition) is 5. The van der Waals surface area contributed by atoms with Crippen molar-refractivity contribution in [3.05, 3.63) is 79.9 Å². The summed E-state index contributed by atoms with van der Waals surface area (Å²) in [6.45, 7) is 2.79. The molecule has 0 aliphatic rings. The summed E-state index contributed by atoms with van der Waals surface area (Å²) in [5.41, 5.74) is 22.0. The van der Waals surface area contributed by atoms with Crippen molar-refractivity contribution < 1.29 is 288 Å². The van der Waals surface area contributed by atoms with Gasteiger partial charge in [-0.3, -0.25) is 30.0 Å². The molecule has 0 aliphatic heterocycles. The summed E-state index contributed by atoms with van der Waals surface area (Å²) in [6, 6.07) is 12.1. The molecular formula is C41H59LiN12O17Y6. The Morgan fingerprint density at radius 2 is 1.00 bits per heavy atom. The molecule has 2 aromatic carbocycles. The number of aliphatic carboxylic acids is 1. The fraction of sp³-hybridized carbons (Fsp3) is 0.415. The van der Waals surface area contributed by atoms with Gasteiger partial charge in [0.05, 0.1) is 56.5 Å². The van der Waals surface area contributed by atoms with Crippen LogP contribution in [0.5, 0.6) is 23.5 Å². The SMILES string of the molecule is C.C.CCOC(=O)N(Cc1cccc(OCC(=O)O)c1)c1nc(OCCCN)nc(N)c1[N+](=O)[O-].CCOC(=O)N(Cc1cccc(OCC(=O)OC)c1)c1nc(OCCCN)nc(N)c1[N+](=O)[O-].[Li+].[OH-].[Y].[Y].[Y].[Y].[Y].[Y]. The minimum absolute atomic E-state index is 0. The number of rotatable bonds is 24. The molecule has 0 aliphatic carbocycles. The molecule has 0 spiro atoms. The maximum atomic E-state index is 12.8. The average molecular weight is 1530 g/mol. The van der Waals surface area contributed by atoms with Crippen LogP contribution >= 0.6 is 0 Å². The number of amides is 2. The number of carbonyl (C=O) groups is 4. The van der Waals surface area contributed by atoms with Crippen LogP contribution in [0, 0.1) is 20.2 Å². The van der Waals surface area contributed by atoms with E-state index in [4.69, 9.17) is 56.5 Å². The van der Waals surface area contributed by atoms with Gasteiger partial charge in [0.15, 0.2) is 13.2 Å². The first-order valence-electron chi connectivity index (χ1n) is 20.0. The zero-order valence-electron chi connectivity index (χ0n) is 41.5. The first kappa shape index (κ1) is 92.2. The van der Waals surface area contributed by atoms with Crippen LogP contribution in [0.15, 0.2) is 48.5 Å². The molecule has 2 amide bonds. The molecule has 36 heteroatoms. The number of nitrogen functional groups attached to an aromatic ring is 2. The zero-order valence-corrected chi connectivity index (χ0v) is 58.5. The van der Waals surface area contributed by atoms with E-state index in [1.807, 2.05) is 0 Å². The summed E-state index contributed by atoms with van der Waals surface area (Å²) >= 11 is 0. The van der Waals surface area contributed by atoms with Crippen LogP contribution in [0.1, 0.15) is 52.7 Å². The predicted molar refractivity (Wildman–Crippen MR) is 250 cm³/mol. The quantitative estimate of drug-likeness (QED) is 0.0162. The predicted octanol–water partition coefficient (Wildman–Crippen LogP) is 0.815. The molecule has 77 heavy (non-hydrogen) atoms. The van der Waals surface area contributed by atoms with E-state index in [1.54, 1.807) is 50.2 Å². The third-order valence-electron chi connectivity index (χ3n) is 8.18. The van der Waals surface area contributed by atoms with Crippen LogP contribution in [0.25, 0.3) is 0 Å². The van der Waals surface area contributed by atoms with Gasteiger partial charge in [0.1, 0.15) is 11.5 Å². The Bertz CT molecular complexity index is 2380. The molecule has 29 nitrogen and oxygen atoms in total. The number of nitrogens with zero attached hydrogens (tertiary/aromatic N) is 8. The second-order valence-electron chi connectivity index (χ2n) is 13.0. The third kappa shape index (κ3) is 32.3. The van der Waals surface area contributed by atoms with Gasteiger partial charge < -0.3 is 66.7 Å². The van der Waals surface area contributed by atoms with Gasteiger partial charge in [-0.15, -0.1) is 0 Å². The average Bonchev–Trinajstić information content (AvgIpc) is 3.28. The van der Waals surface area contributed by atoms with Crippen molar-refractivity contribution in [3.8, 4) is 23.5 Å². The molecule has 10 N–H and O–H groups in total. The minimum atomic E-state index is -1.16. The summed E-state index contributed by atoms with van der Waals surface area (Å²) in [4.78, 5) is 86.9. The van der Waals surface area contributed by atoms with Gasteiger partial charge in [0.25, 0.3) is 0 Å². The van der Waals surface area contributed by atoms with Crippen molar-refractivity contribution in [1.82, 2.24) is 19.9 Å². The molecular weight excluding hydrogens is 1470 g/mol. The maximum Gasteiger partial charge on any atom is 1.00 e. The normalized spacial score (nSPS) is 9.00. The summed E-state index contributed by atoms with van der Waals surface area (Å²) in [5.74, 6) is -3.01. The standard InChI is InChI=1S/C20H26N6O8.C19H24N6O8.2CH4.Li.H2O.6Y/c1-3-32-20(28)25(11-13-6-4-7-14(10-13)34-12-15(27)31-2)18-16(26(29)30)17(22)23-19(24-18)33-9-5-8-21;1-2-31-19(28)24(10-12-5-3-6-13(9-12)33-11-14(26)27)17-15(25(29)30)16(21)22-18(23-17)32-8-4-7-20;;;;;;;;;;/h4,6-7,10H,3,5,8-9,11-12,21H2,1-2H3,(H2,22,23,24);3,5-6,9H,2,4,7-8,10-11,20H2,1H3,(H,26,27)(H2,21,22,23);2*1H4;;1H2;;;;;;/q;;;;+1;;;;;;;/p-1. The Balaban J connectivity index is -0.000000182. The van der Waals surface area contributed by atoms with Crippen LogP contribution in [0.3, 0.4) is 0 Å². The zero-order chi connectivity index (χ0) is 49.5. The molecule has 2 aromatic heterocycles. The summed E-state index contributed by atoms with van der Waals surface area (Å²) in [7, 11) is 1.23. The number of aromatic nitrogens is 4. The topological polar surface area (TPSA) is 432 Å². The maximum absolute atomic E-state index is 12.8. The van der Waals surface area contributed by atoms with Crippen LogP contribution in [0.2, 0.25) is 0 Å². The van der Waals surface area contributed by atoms with Crippen molar-refractivity contribution in [1.29, 1.82) is 0 Å². The molecule has 4 aromatic rings. The Labute approximate surface area is 608 Å². The van der Waals surface area contributed by atoms with Gasteiger partial charge >= 0.3 is 66.4 Å². The van der Waals surface area contributed by atoms with E-state index in [2.05, 4.69) is 24.7 Å². The molecule has 0 atom stereocenters. The van der Waals surface area contributed by atoms with Crippen molar-refractivity contribution in [2.24, 2.45) is 11.5 Å². The van der Waals surface area contributed by atoms with Gasteiger partial charge in [0, 0.05) is 196 Å². The molecule has 0 fully saturated rings. The van der Waals surface area contributed by atoms with Gasteiger partial charge in [-0.1, -0.05) is 39.1 Å². The fourth-order valence-electron chi connectivity index (χ4n) is 5.26. The minimum Gasteiger partial charge on any atom is -0.870 e. The van der Waals surface area contributed by atoms with Gasteiger partial charge in [-0.25, -0.2) is 19.2 Å². The number of carboxylic acid groups (broad SMARTS) is 1. The van der Waals surface area contributed by atoms with E-state index in [-0.39, 0.29) is 299 Å². The third-order valence-corrected chi connectivity index (χ3v) is 8.18. The molecule has 404 valence electrons. The second-order valence-corrected chi connectivity index (χ2v) is 13.0. The Morgan fingerprint density at radius 3 is 1.31 bits per heavy atom. The van der Waals surface area contributed by atoms with E-state index < -0.39 is 75.2 Å². The molecule has 0 saturated carbocycles. The van der Waals surface area contributed by atoms with Crippen LogP contribution in [0.4, 0.5) is 44.2 Å².